The standard InChI is InChI=1S/C21H20N2O3/c1-21(2)18-6-4-5-7-19(18)22(3)20(21)14-17(24)13-10-15-8-11-16(12-9-15)23(25)26/h4-14H,1-3H3. The summed E-state index contributed by atoms with van der Waals surface area (Å²) in [7, 11) is 1.97. The molecule has 3 rings (SSSR count). The third-order valence-electron chi connectivity index (χ3n) is 4.76. The number of benzene rings is 2. The highest BCUT2D eigenvalue weighted by Crippen LogP contribution is 2.46. The van der Waals surface area contributed by atoms with Crippen LogP contribution in [-0.4, -0.2) is 17.8 Å². The molecule has 0 spiro atoms. The number of nitro groups is 1. The zero-order chi connectivity index (χ0) is 18.9. The minimum atomic E-state index is -0.446. The zero-order valence-corrected chi connectivity index (χ0v) is 15.0. The summed E-state index contributed by atoms with van der Waals surface area (Å²) in [6.45, 7) is 4.21. The van der Waals surface area contributed by atoms with Crippen LogP contribution in [0.1, 0.15) is 25.0 Å². The van der Waals surface area contributed by atoms with Crippen molar-refractivity contribution in [2.45, 2.75) is 19.3 Å². The number of nitrogens with zero attached hydrogens (tertiary/aromatic N) is 2. The summed E-state index contributed by atoms with van der Waals surface area (Å²) in [5.74, 6) is -0.119. The molecule has 0 saturated heterocycles. The molecule has 5 heteroatoms. The number of likely N-dealkylation sites (N-methyl/N-ethyl adjacent to an activating group) is 1. The van der Waals surface area contributed by atoms with E-state index in [2.05, 4.69) is 26.0 Å². The monoisotopic (exact) mass is 348 g/mol. The molecule has 0 bridgehead atoms. The highest BCUT2D eigenvalue weighted by atomic mass is 16.6. The molecule has 1 heterocycles. The minimum Gasteiger partial charge on any atom is -0.347 e. The average molecular weight is 348 g/mol. The number of fused-ring (bicyclic) bond motifs is 1. The van der Waals surface area contributed by atoms with E-state index in [1.54, 1.807) is 24.3 Å². The van der Waals surface area contributed by atoms with E-state index in [9.17, 15) is 14.9 Å². The van der Waals surface area contributed by atoms with Crippen molar-refractivity contribution in [2.75, 3.05) is 11.9 Å². The van der Waals surface area contributed by atoms with E-state index in [4.69, 9.17) is 0 Å². The van der Waals surface area contributed by atoms with Gasteiger partial charge in [0.15, 0.2) is 5.78 Å². The summed E-state index contributed by atoms with van der Waals surface area (Å²) in [5.41, 5.74) is 3.77. The van der Waals surface area contributed by atoms with Gasteiger partial charge < -0.3 is 4.90 Å². The van der Waals surface area contributed by atoms with Gasteiger partial charge in [-0.2, -0.15) is 0 Å². The Balaban J connectivity index is 1.82. The Morgan fingerprint density at radius 3 is 2.38 bits per heavy atom. The van der Waals surface area contributed by atoms with E-state index in [0.29, 0.717) is 0 Å². The second-order valence-corrected chi connectivity index (χ2v) is 6.82. The van der Waals surface area contributed by atoms with Crippen molar-refractivity contribution in [3.05, 3.63) is 87.6 Å². The molecular formula is C21H20N2O3. The average Bonchev–Trinajstić information content (AvgIpc) is 2.81. The van der Waals surface area contributed by atoms with Crippen LogP contribution in [0.2, 0.25) is 0 Å². The Labute approximate surface area is 152 Å². The highest BCUT2D eigenvalue weighted by Gasteiger charge is 2.38. The molecule has 0 atom stereocenters. The summed E-state index contributed by atoms with van der Waals surface area (Å²) in [5, 5.41) is 10.7. The van der Waals surface area contributed by atoms with Crippen LogP contribution < -0.4 is 4.90 Å². The van der Waals surface area contributed by atoms with Crippen LogP contribution in [0.3, 0.4) is 0 Å². The Bertz CT molecular complexity index is 925. The lowest BCUT2D eigenvalue weighted by Gasteiger charge is -2.23. The molecule has 2 aromatic rings. The number of nitro benzene ring substituents is 1. The lowest BCUT2D eigenvalue weighted by atomic mass is 9.83. The van der Waals surface area contributed by atoms with Crippen molar-refractivity contribution >= 4 is 23.2 Å². The molecular weight excluding hydrogens is 328 g/mol. The zero-order valence-electron chi connectivity index (χ0n) is 15.0. The van der Waals surface area contributed by atoms with E-state index >= 15 is 0 Å². The van der Waals surface area contributed by atoms with Crippen molar-refractivity contribution in [1.82, 2.24) is 0 Å². The lowest BCUT2D eigenvalue weighted by Crippen LogP contribution is -2.23. The van der Waals surface area contributed by atoms with E-state index in [0.717, 1.165) is 16.9 Å². The molecule has 26 heavy (non-hydrogen) atoms. The van der Waals surface area contributed by atoms with E-state index in [1.807, 2.05) is 24.1 Å². The van der Waals surface area contributed by atoms with Crippen LogP contribution in [0, 0.1) is 10.1 Å². The van der Waals surface area contributed by atoms with Gasteiger partial charge in [0, 0.05) is 42.1 Å². The number of carbonyl (C=O) groups excluding carboxylic acids is 1. The van der Waals surface area contributed by atoms with E-state index in [1.165, 1.54) is 23.8 Å². The molecule has 5 nitrogen and oxygen atoms in total. The Morgan fingerprint density at radius 2 is 1.77 bits per heavy atom. The molecule has 0 amide bonds. The SMILES string of the molecule is CN1C(=CC(=O)C=Cc2ccc([N+](=O)[O-])cc2)C(C)(C)c2ccccc21. The first-order valence-electron chi connectivity index (χ1n) is 8.32. The van der Waals surface area contributed by atoms with Gasteiger partial charge in [-0.05, 0) is 35.4 Å². The maximum atomic E-state index is 12.4. The lowest BCUT2D eigenvalue weighted by molar-refractivity contribution is -0.384. The van der Waals surface area contributed by atoms with Gasteiger partial charge in [-0.25, -0.2) is 0 Å². The number of anilines is 1. The third-order valence-corrected chi connectivity index (χ3v) is 4.76. The maximum Gasteiger partial charge on any atom is 0.269 e. The molecule has 0 N–H and O–H groups in total. The maximum absolute atomic E-state index is 12.4. The van der Waals surface area contributed by atoms with Crippen LogP contribution in [0.5, 0.6) is 0 Å². The first-order chi connectivity index (χ1) is 12.3. The molecule has 0 aliphatic carbocycles. The fraction of sp³-hybridized carbons (Fsp3) is 0.190. The van der Waals surface area contributed by atoms with Crippen molar-refractivity contribution in [1.29, 1.82) is 0 Å². The summed E-state index contributed by atoms with van der Waals surface area (Å²) < 4.78 is 0. The van der Waals surface area contributed by atoms with Gasteiger partial charge in [-0.1, -0.05) is 38.1 Å². The number of hydrogen-bond acceptors (Lipinski definition) is 4. The van der Waals surface area contributed by atoms with Gasteiger partial charge in [-0.3, -0.25) is 14.9 Å². The fourth-order valence-corrected chi connectivity index (χ4v) is 3.33. The summed E-state index contributed by atoms with van der Waals surface area (Å²) in [6.07, 6.45) is 4.81. The molecule has 0 fully saturated rings. The highest BCUT2D eigenvalue weighted by molar-refractivity contribution is 6.03. The number of allylic oxidation sites excluding steroid dienone is 3. The van der Waals surface area contributed by atoms with Crippen LogP contribution in [-0.2, 0) is 10.2 Å². The second kappa shape index (κ2) is 6.59. The minimum absolute atomic E-state index is 0.0303. The molecule has 2 aromatic carbocycles. The second-order valence-electron chi connectivity index (χ2n) is 6.82. The molecule has 0 radical (unpaired) electrons. The first-order valence-corrected chi connectivity index (χ1v) is 8.32. The third kappa shape index (κ3) is 3.16. The van der Waals surface area contributed by atoms with Crippen molar-refractivity contribution in [3.8, 4) is 0 Å². The van der Waals surface area contributed by atoms with Crippen LogP contribution >= 0.6 is 0 Å². The van der Waals surface area contributed by atoms with Gasteiger partial charge in [0.25, 0.3) is 5.69 Å². The molecule has 0 unspecified atom stereocenters. The Kier molecular flexibility index (Phi) is 4.47. The topological polar surface area (TPSA) is 63.5 Å². The predicted molar refractivity (Wildman–Crippen MR) is 103 cm³/mol. The quantitative estimate of drug-likeness (QED) is 0.464. The Morgan fingerprint density at radius 1 is 1.12 bits per heavy atom. The number of para-hydroxylation sites is 1. The number of ketones is 1. The molecule has 1 aliphatic rings. The number of hydrogen-bond donors (Lipinski definition) is 0. The Hall–Kier alpha value is -3.21. The van der Waals surface area contributed by atoms with Gasteiger partial charge in [-0.15, -0.1) is 0 Å². The number of carbonyl (C=O) groups is 1. The number of rotatable bonds is 4. The van der Waals surface area contributed by atoms with Gasteiger partial charge in [0.05, 0.1) is 4.92 Å². The normalized spacial score (nSPS) is 16.9. The molecule has 132 valence electrons. The van der Waals surface area contributed by atoms with Crippen LogP contribution in [0.15, 0.2) is 66.4 Å². The van der Waals surface area contributed by atoms with Crippen molar-refractivity contribution in [2.24, 2.45) is 0 Å². The summed E-state index contributed by atoms with van der Waals surface area (Å²) >= 11 is 0. The predicted octanol–water partition coefficient (Wildman–Crippen LogP) is 4.49. The van der Waals surface area contributed by atoms with E-state index in [-0.39, 0.29) is 16.9 Å². The van der Waals surface area contributed by atoms with Crippen LogP contribution in [0.25, 0.3) is 6.08 Å². The first kappa shape index (κ1) is 17.6. The number of non-ortho nitro benzene ring substituents is 1. The molecule has 1 aliphatic heterocycles. The molecule has 0 aromatic heterocycles. The van der Waals surface area contributed by atoms with Gasteiger partial charge in [0.2, 0.25) is 0 Å². The molecule has 0 saturated carbocycles. The van der Waals surface area contributed by atoms with Crippen molar-refractivity contribution < 1.29 is 9.72 Å². The summed E-state index contributed by atoms with van der Waals surface area (Å²) in [4.78, 5) is 24.7. The smallest absolute Gasteiger partial charge is 0.269 e. The largest absolute Gasteiger partial charge is 0.347 e. The van der Waals surface area contributed by atoms with Crippen molar-refractivity contribution in [3.63, 3.8) is 0 Å². The fourth-order valence-electron chi connectivity index (χ4n) is 3.33. The summed E-state index contributed by atoms with van der Waals surface area (Å²) in [6, 6.07) is 14.2. The van der Waals surface area contributed by atoms with E-state index < -0.39 is 4.92 Å². The van der Waals surface area contributed by atoms with Gasteiger partial charge in [0.1, 0.15) is 0 Å². The van der Waals surface area contributed by atoms with Crippen LogP contribution in [0.4, 0.5) is 11.4 Å². The van der Waals surface area contributed by atoms with Gasteiger partial charge >= 0.3 is 0 Å².